The summed E-state index contributed by atoms with van der Waals surface area (Å²) in [7, 11) is 0. The lowest BCUT2D eigenvalue weighted by atomic mass is 9.82. The van der Waals surface area contributed by atoms with Gasteiger partial charge in [-0.2, -0.15) is 10.4 Å². The van der Waals surface area contributed by atoms with Crippen molar-refractivity contribution < 1.29 is 14.2 Å². The van der Waals surface area contributed by atoms with Gasteiger partial charge in [0.1, 0.15) is 24.0 Å². The number of hydrogen-bond donors (Lipinski definition) is 1. The number of ether oxygens (including phenoxy) is 3. The predicted octanol–water partition coefficient (Wildman–Crippen LogP) is 3.87. The summed E-state index contributed by atoms with van der Waals surface area (Å²) in [6.07, 6.45) is 0.234. The van der Waals surface area contributed by atoms with Gasteiger partial charge in [0.25, 0.3) is 0 Å². The van der Waals surface area contributed by atoms with Crippen LogP contribution in [-0.2, 0) is 33.0 Å². The SMILES string of the molecule is C[C@@H]1CO[C@](C#N)(c2ccc3c(N)ncnn23)[C@H](OCc2ccccc2)[C@@H]1OCc1ccccc1. The van der Waals surface area contributed by atoms with E-state index in [2.05, 4.69) is 16.2 Å². The Balaban J connectivity index is 1.55. The summed E-state index contributed by atoms with van der Waals surface area (Å²) >= 11 is 0. The summed E-state index contributed by atoms with van der Waals surface area (Å²) < 4.78 is 20.9. The molecule has 0 bridgehead atoms. The highest BCUT2D eigenvalue weighted by Crippen LogP contribution is 2.41. The van der Waals surface area contributed by atoms with Crippen molar-refractivity contribution >= 4 is 11.3 Å². The first-order chi connectivity index (χ1) is 17.1. The van der Waals surface area contributed by atoms with Gasteiger partial charge in [-0.15, -0.1) is 0 Å². The smallest absolute Gasteiger partial charge is 0.225 e. The molecule has 178 valence electrons. The van der Waals surface area contributed by atoms with E-state index in [9.17, 15) is 5.26 Å². The van der Waals surface area contributed by atoms with Crippen molar-refractivity contribution in [2.45, 2.75) is 37.9 Å². The highest BCUT2D eigenvalue weighted by Gasteiger charge is 2.55. The highest BCUT2D eigenvalue weighted by molar-refractivity contribution is 5.66. The first kappa shape index (κ1) is 23.0. The maximum atomic E-state index is 10.6. The van der Waals surface area contributed by atoms with Crippen LogP contribution in [0.15, 0.2) is 79.1 Å². The van der Waals surface area contributed by atoms with Crippen LogP contribution >= 0.6 is 0 Å². The van der Waals surface area contributed by atoms with Crippen LogP contribution in [0.2, 0.25) is 0 Å². The molecule has 0 aliphatic carbocycles. The van der Waals surface area contributed by atoms with E-state index in [1.54, 1.807) is 16.6 Å². The zero-order valence-corrected chi connectivity index (χ0v) is 19.4. The molecule has 0 radical (unpaired) electrons. The summed E-state index contributed by atoms with van der Waals surface area (Å²) in [6, 6.07) is 25.8. The zero-order chi connectivity index (χ0) is 24.3. The molecule has 2 aromatic heterocycles. The lowest BCUT2D eigenvalue weighted by molar-refractivity contribution is -0.237. The minimum absolute atomic E-state index is 0.00752. The van der Waals surface area contributed by atoms with Crippen LogP contribution in [0.1, 0.15) is 23.7 Å². The maximum Gasteiger partial charge on any atom is 0.225 e. The van der Waals surface area contributed by atoms with Crippen LogP contribution < -0.4 is 5.73 Å². The molecule has 0 amide bonds. The predicted molar refractivity (Wildman–Crippen MR) is 130 cm³/mol. The normalized spacial score (nSPS) is 24.3. The molecule has 0 spiro atoms. The van der Waals surface area contributed by atoms with E-state index >= 15 is 0 Å². The number of nitrogens with zero attached hydrogens (tertiary/aromatic N) is 4. The van der Waals surface area contributed by atoms with Crippen molar-refractivity contribution in [3.8, 4) is 6.07 Å². The van der Waals surface area contributed by atoms with Gasteiger partial charge in [0.2, 0.25) is 5.60 Å². The Hall–Kier alpha value is -3.77. The van der Waals surface area contributed by atoms with E-state index in [1.807, 2.05) is 67.6 Å². The lowest BCUT2D eigenvalue weighted by Gasteiger charge is -2.45. The average Bonchev–Trinajstić information content (AvgIpc) is 3.34. The third-order valence-corrected chi connectivity index (χ3v) is 6.42. The maximum absolute atomic E-state index is 10.6. The van der Waals surface area contributed by atoms with Gasteiger partial charge in [-0.3, -0.25) is 0 Å². The fraction of sp³-hybridized carbons (Fsp3) is 0.296. The largest absolute Gasteiger partial charge is 0.382 e. The number of nitrogen functional groups attached to an aromatic ring is 1. The number of fused-ring (bicyclic) bond motifs is 1. The molecular weight excluding hydrogens is 442 g/mol. The summed E-state index contributed by atoms with van der Waals surface area (Å²) in [5.74, 6) is 0.314. The first-order valence-corrected chi connectivity index (χ1v) is 11.6. The molecule has 1 fully saturated rings. The molecule has 3 heterocycles. The van der Waals surface area contributed by atoms with Crippen molar-refractivity contribution in [2.75, 3.05) is 12.3 Å². The van der Waals surface area contributed by atoms with E-state index < -0.39 is 17.8 Å². The second-order valence-electron chi connectivity index (χ2n) is 8.78. The van der Waals surface area contributed by atoms with E-state index in [0.717, 1.165) is 11.1 Å². The second kappa shape index (κ2) is 9.84. The fourth-order valence-electron chi connectivity index (χ4n) is 4.57. The van der Waals surface area contributed by atoms with Crippen molar-refractivity contribution in [1.82, 2.24) is 14.6 Å². The number of hydrogen-bond acceptors (Lipinski definition) is 7. The minimum atomic E-state index is -1.46. The van der Waals surface area contributed by atoms with Gasteiger partial charge in [0.15, 0.2) is 5.82 Å². The van der Waals surface area contributed by atoms with Gasteiger partial charge in [0.05, 0.1) is 31.6 Å². The van der Waals surface area contributed by atoms with Crippen LogP contribution in [0.4, 0.5) is 5.82 Å². The van der Waals surface area contributed by atoms with Crippen molar-refractivity contribution in [3.63, 3.8) is 0 Å². The number of anilines is 1. The van der Waals surface area contributed by atoms with Gasteiger partial charge in [0, 0.05) is 5.92 Å². The Kier molecular flexibility index (Phi) is 6.47. The fourth-order valence-corrected chi connectivity index (χ4v) is 4.57. The van der Waals surface area contributed by atoms with Gasteiger partial charge in [-0.1, -0.05) is 67.6 Å². The molecule has 1 aliphatic heterocycles. The number of rotatable bonds is 7. The molecule has 1 aliphatic rings. The topological polar surface area (TPSA) is 108 Å². The summed E-state index contributed by atoms with van der Waals surface area (Å²) in [5.41, 5.74) is 7.77. The minimum Gasteiger partial charge on any atom is -0.382 e. The van der Waals surface area contributed by atoms with Crippen LogP contribution in [0.25, 0.3) is 5.52 Å². The molecule has 1 saturated heterocycles. The Morgan fingerprint density at radius 1 is 1.03 bits per heavy atom. The Bertz CT molecular complexity index is 1320. The second-order valence-corrected chi connectivity index (χ2v) is 8.78. The molecule has 8 heteroatoms. The van der Waals surface area contributed by atoms with Crippen LogP contribution in [0, 0.1) is 17.2 Å². The molecule has 35 heavy (non-hydrogen) atoms. The van der Waals surface area contributed by atoms with Crippen LogP contribution in [-0.4, -0.2) is 33.4 Å². The summed E-state index contributed by atoms with van der Waals surface area (Å²) in [6.45, 7) is 3.07. The number of nitrogens with two attached hydrogens (primary N) is 1. The number of benzene rings is 2. The highest BCUT2D eigenvalue weighted by atomic mass is 16.6. The summed E-state index contributed by atoms with van der Waals surface area (Å²) in [4.78, 5) is 4.07. The molecule has 0 unspecified atom stereocenters. The van der Waals surface area contributed by atoms with Crippen molar-refractivity contribution in [3.05, 3.63) is 95.9 Å². The molecule has 8 nitrogen and oxygen atoms in total. The van der Waals surface area contributed by atoms with Gasteiger partial charge >= 0.3 is 0 Å². The zero-order valence-electron chi connectivity index (χ0n) is 19.4. The molecule has 2 N–H and O–H groups in total. The van der Waals surface area contributed by atoms with E-state index in [1.165, 1.54) is 6.33 Å². The van der Waals surface area contributed by atoms with E-state index in [0.29, 0.717) is 36.8 Å². The molecule has 0 saturated carbocycles. The van der Waals surface area contributed by atoms with E-state index in [4.69, 9.17) is 19.9 Å². The van der Waals surface area contributed by atoms with Crippen LogP contribution in [0.5, 0.6) is 0 Å². The molecule has 4 atom stereocenters. The number of nitriles is 1. The lowest BCUT2D eigenvalue weighted by Crippen LogP contribution is -2.58. The first-order valence-electron chi connectivity index (χ1n) is 11.6. The monoisotopic (exact) mass is 469 g/mol. The Morgan fingerprint density at radius 2 is 1.69 bits per heavy atom. The average molecular weight is 470 g/mol. The van der Waals surface area contributed by atoms with Crippen LogP contribution in [0.3, 0.4) is 0 Å². The molecular formula is C27H27N5O3. The molecule has 5 rings (SSSR count). The summed E-state index contributed by atoms with van der Waals surface area (Å²) in [5, 5.41) is 15.0. The number of aromatic nitrogens is 3. The van der Waals surface area contributed by atoms with Gasteiger partial charge in [-0.25, -0.2) is 9.50 Å². The molecule has 2 aromatic carbocycles. The molecule has 4 aromatic rings. The van der Waals surface area contributed by atoms with Crippen molar-refractivity contribution in [2.24, 2.45) is 5.92 Å². The third-order valence-electron chi connectivity index (χ3n) is 6.42. The van der Waals surface area contributed by atoms with E-state index in [-0.39, 0.29) is 5.92 Å². The standard InChI is InChI=1S/C27H27N5O3/c1-19-14-35-27(17-28,23-13-12-22-26(29)30-18-31-32(22)23)25(34-16-21-10-6-3-7-11-21)24(19)33-15-20-8-4-2-5-9-20/h2-13,18-19,24-25H,14-16H2,1H3,(H2,29,30,31)/t19-,24-,25-,27-/m1/s1. The van der Waals surface area contributed by atoms with Gasteiger partial charge in [-0.05, 0) is 23.3 Å². The quantitative estimate of drug-likeness (QED) is 0.438. The Morgan fingerprint density at radius 3 is 2.34 bits per heavy atom. The van der Waals surface area contributed by atoms with Gasteiger partial charge < -0.3 is 19.9 Å². The van der Waals surface area contributed by atoms with Crippen molar-refractivity contribution in [1.29, 1.82) is 5.26 Å². The third kappa shape index (κ3) is 4.37. The Labute approximate surface area is 203 Å².